The van der Waals surface area contributed by atoms with Crippen molar-refractivity contribution in [2.75, 3.05) is 5.32 Å². The lowest BCUT2D eigenvalue weighted by Crippen LogP contribution is -2.16. The van der Waals surface area contributed by atoms with Crippen molar-refractivity contribution < 1.29 is 0 Å². The van der Waals surface area contributed by atoms with Crippen LogP contribution in [0.25, 0.3) is 0 Å². The van der Waals surface area contributed by atoms with Gasteiger partial charge in [0.25, 0.3) is 0 Å². The molecule has 0 aliphatic heterocycles. The molecule has 108 valence electrons. The van der Waals surface area contributed by atoms with Crippen LogP contribution < -0.4 is 5.32 Å². The van der Waals surface area contributed by atoms with Crippen LogP contribution in [0.4, 0.5) is 5.69 Å². The summed E-state index contributed by atoms with van der Waals surface area (Å²) < 4.78 is 3.00. The molecular formula is C16H22BrN3. The van der Waals surface area contributed by atoms with E-state index in [1.54, 1.807) is 0 Å². The van der Waals surface area contributed by atoms with Crippen LogP contribution in [0.3, 0.4) is 0 Å². The highest BCUT2D eigenvalue weighted by Gasteiger charge is 2.21. The van der Waals surface area contributed by atoms with Gasteiger partial charge in [-0.25, -0.2) is 0 Å². The Morgan fingerprint density at radius 1 is 1.30 bits per heavy atom. The summed E-state index contributed by atoms with van der Waals surface area (Å²) in [7, 11) is 1.98. The molecule has 0 spiro atoms. The van der Waals surface area contributed by atoms with E-state index in [0.717, 1.165) is 22.4 Å². The minimum atomic E-state index is 0.0625. The van der Waals surface area contributed by atoms with Crippen LogP contribution in [0.5, 0.6) is 0 Å². The summed E-state index contributed by atoms with van der Waals surface area (Å²) >= 11 is 3.49. The van der Waals surface area contributed by atoms with E-state index in [0.29, 0.717) is 0 Å². The number of hydrogen-bond acceptors (Lipinski definition) is 2. The van der Waals surface area contributed by atoms with Gasteiger partial charge in [0.2, 0.25) is 0 Å². The molecule has 1 N–H and O–H groups in total. The van der Waals surface area contributed by atoms with Gasteiger partial charge >= 0.3 is 0 Å². The highest BCUT2D eigenvalue weighted by atomic mass is 79.9. The second-order valence-electron chi connectivity index (χ2n) is 6.24. The fourth-order valence-electron chi connectivity index (χ4n) is 2.31. The molecule has 2 aromatic rings. The summed E-state index contributed by atoms with van der Waals surface area (Å²) in [6.07, 6.45) is 2.10. The third kappa shape index (κ3) is 3.42. The van der Waals surface area contributed by atoms with E-state index in [9.17, 15) is 0 Å². The minimum Gasteiger partial charge on any atom is -0.381 e. The predicted molar refractivity (Wildman–Crippen MR) is 88.1 cm³/mol. The van der Waals surface area contributed by atoms with Crippen LogP contribution in [-0.4, -0.2) is 9.78 Å². The maximum atomic E-state index is 4.60. The molecule has 0 radical (unpaired) electrons. The maximum Gasteiger partial charge on any atom is 0.0727 e. The summed E-state index contributed by atoms with van der Waals surface area (Å²) in [5.74, 6) is 0. The molecule has 0 saturated carbocycles. The van der Waals surface area contributed by atoms with Gasteiger partial charge in [0, 0.05) is 40.9 Å². The third-order valence-electron chi connectivity index (χ3n) is 3.27. The molecule has 1 heterocycles. The number of rotatable bonds is 3. The fourth-order valence-corrected chi connectivity index (χ4v) is 2.79. The summed E-state index contributed by atoms with van der Waals surface area (Å²) in [6, 6.07) is 6.28. The fraction of sp³-hybridized carbons (Fsp3) is 0.438. The molecule has 0 unspecified atom stereocenters. The van der Waals surface area contributed by atoms with Gasteiger partial charge in [0.15, 0.2) is 0 Å². The molecular weight excluding hydrogens is 314 g/mol. The minimum absolute atomic E-state index is 0.0625. The smallest absolute Gasteiger partial charge is 0.0727 e. The lowest BCUT2D eigenvalue weighted by molar-refractivity contribution is 0.549. The van der Waals surface area contributed by atoms with Crippen molar-refractivity contribution in [1.82, 2.24) is 9.78 Å². The van der Waals surface area contributed by atoms with Gasteiger partial charge in [0.1, 0.15) is 0 Å². The van der Waals surface area contributed by atoms with Gasteiger partial charge in [-0.1, -0.05) is 36.7 Å². The molecule has 4 heteroatoms. The van der Waals surface area contributed by atoms with Crippen molar-refractivity contribution in [2.45, 2.75) is 39.7 Å². The first-order valence-corrected chi connectivity index (χ1v) is 7.59. The van der Waals surface area contributed by atoms with Crippen molar-refractivity contribution in [2.24, 2.45) is 7.05 Å². The number of benzene rings is 1. The van der Waals surface area contributed by atoms with Crippen molar-refractivity contribution in [3.05, 3.63) is 45.7 Å². The van der Waals surface area contributed by atoms with Gasteiger partial charge in [-0.2, -0.15) is 5.10 Å². The summed E-state index contributed by atoms with van der Waals surface area (Å²) in [5, 5.41) is 8.11. The van der Waals surface area contributed by atoms with Crippen LogP contribution in [0.1, 0.15) is 37.6 Å². The molecule has 0 aliphatic carbocycles. The largest absolute Gasteiger partial charge is 0.381 e. The van der Waals surface area contributed by atoms with E-state index in [1.807, 2.05) is 11.7 Å². The zero-order chi connectivity index (χ0) is 14.9. The Kier molecular flexibility index (Phi) is 4.23. The molecule has 20 heavy (non-hydrogen) atoms. The first-order chi connectivity index (χ1) is 9.27. The molecule has 2 rings (SSSR count). The molecule has 0 fully saturated rings. The lowest BCUT2D eigenvalue weighted by atomic mass is 9.89. The second-order valence-corrected chi connectivity index (χ2v) is 7.16. The molecule has 0 atom stereocenters. The standard InChI is InChI=1S/C16H22BrN3/c1-11-8-13(17)6-7-14(11)18-9-12-10-20(5)19-15(12)16(2,3)4/h6-8,10,18H,9H2,1-5H3. The van der Waals surface area contributed by atoms with Gasteiger partial charge in [-0.15, -0.1) is 0 Å². The van der Waals surface area contributed by atoms with Crippen molar-refractivity contribution in [3.63, 3.8) is 0 Å². The number of aryl methyl sites for hydroxylation is 2. The topological polar surface area (TPSA) is 29.9 Å². The van der Waals surface area contributed by atoms with E-state index in [1.165, 1.54) is 11.1 Å². The molecule has 1 aromatic heterocycles. The number of hydrogen-bond donors (Lipinski definition) is 1. The van der Waals surface area contributed by atoms with Crippen molar-refractivity contribution in [3.8, 4) is 0 Å². The number of halogens is 1. The van der Waals surface area contributed by atoms with E-state index in [2.05, 4.69) is 78.4 Å². The van der Waals surface area contributed by atoms with Crippen LogP contribution in [0.15, 0.2) is 28.9 Å². The second kappa shape index (κ2) is 5.60. The first kappa shape index (κ1) is 15.1. The van der Waals surface area contributed by atoms with Crippen LogP contribution in [-0.2, 0) is 19.0 Å². The Morgan fingerprint density at radius 2 is 2.00 bits per heavy atom. The Bertz CT molecular complexity index is 609. The van der Waals surface area contributed by atoms with Gasteiger partial charge in [-0.05, 0) is 30.7 Å². The van der Waals surface area contributed by atoms with Crippen molar-refractivity contribution >= 4 is 21.6 Å². The van der Waals surface area contributed by atoms with Crippen LogP contribution >= 0.6 is 15.9 Å². The van der Waals surface area contributed by atoms with Gasteiger partial charge in [-0.3, -0.25) is 4.68 Å². The molecule has 0 amide bonds. The molecule has 1 aromatic carbocycles. The normalized spacial score (nSPS) is 11.7. The average molecular weight is 336 g/mol. The van der Waals surface area contributed by atoms with E-state index < -0.39 is 0 Å². The highest BCUT2D eigenvalue weighted by Crippen LogP contribution is 2.26. The number of nitrogens with one attached hydrogen (secondary N) is 1. The third-order valence-corrected chi connectivity index (χ3v) is 3.77. The monoisotopic (exact) mass is 335 g/mol. The zero-order valence-corrected chi connectivity index (χ0v) is 14.4. The number of aromatic nitrogens is 2. The van der Waals surface area contributed by atoms with Crippen molar-refractivity contribution in [1.29, 1.82) is 0 Å². The Labute approximate surface area is 129 Å². The van der Waals surface area contributed by atoms with Gasteiger partial charge < -0.3 is 5.32 Å². The maximum absolute atomic E-state index is 4.60. The average Bonchev–Trinajstić information content (AvgIpc) is 2.69. The molecule has 0 bridgehead atoms. The predicted octanol–water partition coefficient (Wildman–Crippen LogP) is 4.40. The Balaban J connectivity index is 2.19. The number of anilines is 1. The zero-order valence-electron chi connectivity index (χ0n) is 12.8. The summed E-state index contributed by atoms with van der Waals surface area (Å²) in [6.45, 7) is 9.50. The first-order valence-electron chi connectivity index (χ1n) is 6.80. The lowest BCUT2D eigenvalue weighted by Gasteiger charge is -2.18. The van der Waals surface area contributed by atoms with Crippen LogP contribution in [0.2, 0.25) is 0 Å². The van der Waals surface area contributed by atoms with E-state index >= 15 is 0 Å². The Hall–Kier alpha value is -1.29. The SMILES string of the molecule is Cc1cc(Br)ccc1NCc1cn(C)nc1C(C)(C)C. The summed E-state index contributed by atoms with van der Waals surface area (Å²) in [5.41, 5.74) is 4.87. The van der Waals surface area contributed by atoms with E-state index in [-0.39, 0.29) is 5.41 Å². The highest BCUT2D eigenvalue weighted by molar-refractivity contribution is 9.10. The summed E-state index contributed by atoms with van der Waals surface area (Å²) in [4.78, 5) is 0. The number of nitrogens with zero attached hydrogens (tertiary/aromatic N) is 2. The molecule has 3 nitrogen and oxygen atoms in total. The molecule has 0 saturated heterocycles. The Morgan fingerprint density at radius 3 is 2.60 bits per heavy atom. The van der Waals surface area contributed by atoms with Gasteiger partial charge in [0.05, 0.1) is 5.69 Å². The molecule has 0 aliphatic rings. The van der Waals surface area contributed by atoms with Crippen LogP contribution in [0, 0.1) is 6.92 Å². The van der Waals surface area contributed by atoms with E-state index in [4.69, 9.17) is 0 Å². The quantitative estimate of drug-likeness (QED) is 0.900.